The summed E-state index contributed by atoms with van der Waals surface area (Å²) in [6, 6.07) is 10.7. The number of carbonyl (C=O) groups is 1. The van der Waals surface area contributed by atoms with E-state index >= 15 is 0 Å². The molecule has 5 nitrogen and oxygen atoms in total. The predicted octanol–water partition coefficient (Wildman–Crippen LogP) is 3.19. The third kappa shape index (κ3) is 3.60. The number of rotatable bonds is 4. The predicted molar refractivity (Wildman–Crippen MR) is 98.8 cm³/mol. The van der Waals surface area contributed by atoms with Gasteiger partial charge in [-0.05, 0) is 37.3 Å². The Morgan fingerprint density at radius 3 is 2.31 bits per heavy atom. The molecule has 0 amide bonds. The molecule has 2 aromatic rings. The van der Waals surface area contributed by atoms with Crippen LogP contribution in [0.25, 0.3) is 0 Å². The van der Waals surface area contributed by atoms with Crippen molar-refractivity contribution in [1.29, 1.82) is 0 Å². The van der Waals surface area contributed by atoms with Gasteiger partial charge in [0.2, 0.25) is 10.0 Å². The molecule has 0 bridgehead atoms. The second-order valence-corrected chi connectivity index (χ2v) is 8.36. The van der Waals surface area contributed by atoms with Crippen molar-refractivity contribution in [3.8, 4) is 0 Å². The molecule has 0 atom stereocenters. The summed E-state index contributed by atoms with van der Waals surface area (Å²) in [7, 11) is -3.69. The van der Waals surface area contributed by atoms with Gasteiger partial charge in [0.25, 0.3) is 0 Å². The molecule has 0 radical (unpaired) electrons. The summed E-state index contributed by atoms with van der Waals surface area (Å²) in [6.45, 7) is 2.52. The van der Waals surface area contributed by atoms with Crippen molar-refractivity contribution in [3.63, 3.8) is 0 Å². The highest BCUT2D eigenvalue weighted by Gasteiger charge is 2.30. The van der Waals surface area contributed by atoms with Crippen molar-refractivity contribution in [2.75, 3.05) is 31.1 Å². The van der Waals surface area contributed by atoms with Gasteiger partial charge in [-0.2, -0.15) is 4.31 Å². The maximum Gasteiger partial charge on any atom is 0.244 e. The highest BCUT2D eigenvalue weighted by Crippen LogP contribution is 2.27. The summed E-state index contributed by atoms with van der Waals surface area (Å²) in [6.07, 6.45) is 0. The summed E-state index contributed by atoms with van der Waals surface area (Å²) in [5.74, 6) is -0.689. The van der Waals surface area contributed by atoms with E-state index in [2.05, 4.69) is 0 Å². The zero-order valence-electron chi connectivity index (χ0n) is 14.2. The Balaban J connectivity index is 1.75. The van der Waals surface area contributed by atoms with Gasteiger partial charge >= 0.3 is 0 Å². The molecular formula is C18H18ClFN2O3S. The molecule has 3 rings (SSSR count). The number of sulfonamides is 1. The monoisotopic (exact) mass is 396 g/mol. The number of ketones is 1. The molecule has 0 N–H and O–H groups in total. The Kier molecular flexibility index (Phi) is 5.32. The molecule has 0 unspecified atom stereocenters. The first kappa shape index (κ1) is 18.8. The van der Waals surface area contributed by atoms with Crippen molar-refractivity contribution in [3.05, 3.63) is 58.9 Å². The lowest BCUT2D eigenvalue weighted by Crippen LogP contribution is -2.49. The Morgan fingerprint density at radius 1 is 1.08 bits per heavy atom. The van der Waals surface area contributed by atoms with Gasteiger partial charge in [-0.15, -0.1) is 0 Å². The first-order valence-electron chi connectivity index (χ1n) is 8.11. The second-order valence-electron chi connectivity index (χ2n) is 6.04. The van der Waals surface area contributed by atoms with Crippen LogP contribution < -0.4 is 4.90 Å². The number of nitrogens with zero attached hydrogens (tertiary/aromatic N) is 2. The van der Waals surface area contributed by atoms with Gasteiger partial charge in [0.1, 0.15) is 10.7 Å². The normalized spacial score (nSPS) is 15.9. The Labute approximate surface area is 157 Å². The van der Waals surface area contributed by atoms with E-state index in [4.69, 9.17) is 11.6 Å². The quantitative estimate of drug-likeness (QED) is 0.745. The molecule has 1 fully saturated rings. The van der Waals surface area contributed by atoms with Gasteiger partial charge in [-0.3, -0.25) is 4.79 Å². The van der Waals surface area contributed by atoms with Crippen molar-refractivity contribution in [2.24, 2.45) is 0 Å². The fourth-order valence-corrected chi connectivity index (χ4v) is 4.86. The minimum Gasteiger partial charge on any atom is -0.367 e. The molecule has 1 saturated heterocycles. The molecule has 1 aliphatic heterocycles. The zero-order chi connectivity index (χ0) is 18.9. The maximum atomic E-state index is 14.3. The van der Waals surface area contributed by atoms with Crippen LogP contribution in [0, 0.1) is 5.82 Å². The fraction of sp³-hybridized carbons (Fsp3) is 0.278. The Morgan fingerprint density at radius 2 is 1.73 bits per heavy atom. The summed E-state index contributed by atoms with van der Waals surface area (Å²) in [5, 5.41) is 0.181. The smallest absolute Gasteiger partial charge is 0.244 e. The van der Waals surface area contributed by atoms with E-state index in [1.807, 2.05) is 0 Å². The van der Waals surface area contributed by atoms with Crippen molar-refractivity contribution >= 4 is 33.1 Å². The standard InChI is InChI=1S/C18H18ClFN2O3S/c1-13(23)14-6-7-17(16(20)12-14)21-8-10-22(11-9-21)26(24,25)18-5-3-2-4-15(18)19/h2-7,12H,8-11H2,1H3. The van der Waals surface area contributed by atoms with Crippen LogP contribution in [0.2, 0.25) is 5.02 Å². The highest BCUT2D eigenvalue weighted by molar-refractivity contribution is 7.89. The number of Topliss-reactive ketones (excluding diaryl/α,β-unsaturated/α-hetero) is 1. The van der Waals surface area contributed by atoms with E-state index in [1.54, 1.807) is 29.2 Å². The van der Waals surface area contributed by atoms with Crippen LogP contribution in [0.15, 0.2) is 47.4 Å². The van der Waals surface area contributed by atoms with Crippen LogP contribution in [0.1, 0.15) is 17.3 Å². The lowest BCUT2D eigenvalue weighted by molar-refractivity contribution is 0.101. The van der Waals surface area contributed by atoms with Crippen LogP contribution in [0.3, 0.4) is 0 Å². The van der Waals surface area contributed by atoms with E-state index in [0.29, 0.717) is 24.3 Å². The zero-order valence-corrected chi connectivity index (χ0v) is 15.7. The lowest BCUT2D eigenvalue weighted by atomic mass is 10.1. The van der Waals surface area contributed by atoms with E-state index in [1.165, 1.54) is 29.4 Å². The number of halogens is 2. The van der Waals surface area contributed by atoms with Crippen LogP contribution in [0.5, 0.6) is 0 Å². The Bertz CT molecular complexity index is 941. The number of benzene rings is 2. The molecular weight excluding hydrogens is 379 g/mol. The average molecular weight is 397 g/mol. The number of carbonyl (C=O) groups excluding carboxylic acids is 1. The highest BCUT2D eigenvalue weighted by atomic mass is 35.5. The molecule has 1 aliphatic rings. The first-order valence-corrected chi connectivity index (χ1v) is 9.92. The van der Waals surface area contributed by atoms with E-state index in [-0.39, 0.29) is 28.8 Å². The van der Waals surface area contributed by atoms with Crippen LogP contribution in [-0.4, -0.2) is 44.7 Å². The molecule has 26 heavy (non-hydrogen) atoms. The average Bonchev–Trinajstić information content (AvgIpc) is 2.62. The Hall–Kier alpha value is -1.96. The van der Waals surface area contributed by atoms with E-state index in [9.17, 15) is 17.6 Å². The number of piperazine rings is 1. The van der Waals surface area contributed by atoms with E-state index < -0.39 is 15.8 Å². The number of anilines is 1. The van der Waals surface area contributed by atoms with Gasteiger partial charge in [0.15, 0.2) is 5.78 Å². The minimum atomic E-state index is -3.69. The molecule has 0 saturated carbocycles. The van der Waals surface area contributed by atoms with Crippen molar-refractivity contribution < 1.29 is 17.6 Å². The van der Waals surface area contributed by atoms with Crippen molar-refractivity contribution in [2.45, 2.75) is 11.8 Å². The third-order valence-electron chi connectivity index (χ3n) is 4.39. The van der Waals surface area contributed by atoms with Gasteiger partial charge in [-0.25, -0.2) is 12.8 Å². The first-order chi connectivity index (χ1) is 12.3. The fourth-order valence-electron chi connectivity index (χ4n) is 2.94. The summed E-state index contributed by atoms with van der Waals surface area (Å²) < 4.78 is 41.2. The minimum absolute atomic E-state index is 0.0760. The van der Waals surface area contributed by atoms with Gasteiger partial charge in [0, 0.05) is 31.7 Å². The van der Waals surface area contributed by atoms with Gasteiger partial charge in [0.05, 0.1) is 10.7 Å². The summed E-state index contributed by atoms with van der Waals surface area (Å²) >= 11 is 6.02. The van der Waals surface area contributed by atoms with Crippen molar-refractivity contribution in [1.82, 2.24) is 4.31 Å². The van der Waals surface area contributed by atoms with E-state index in [0.717, 1.165) is 0 Å². The topological polar surface area (TPSA) is 57.7 Å². The number of hydrogen-bond acceptors (Lipinski definition) is 4. The van der Waals surface area contributed by atoms with Gasteiger partial charge < -0.3 is 4.90 Å². The number of hydrogen-bond donors (Lipinski definition) is 0. The van der Waals surface area contributed by atoms with Gasteiger partial charge in [-0.1, -0.05) is 23.7 Å². The largest absolute Gasteiger partial charge is 0.367 e. The van der Waals surface area contributed by atoms with Crippen LogP contribution >= 0.6 is 11.6 Å². The molecule has 0 aromatic heterocycles. The second kappa shape index (κ2) is 7.34. The molecule has 8 heteroatoms. The van der Waals surface area contributed by atoms with Crippen LogP contribution in [0.4, 0.5) is 10.1 Å². The molecule has 138 valence electrons. The third-order valence-corrected chi connectivity index (χ3v) is 6.79. The maximum absolute atomic E-state index is 14.3. The SMILES string of the molecule is CC(=O)c1ccc(N2CCN(S(=O)(=O)c3ccccc3Cl)CC2)c(F)c1. The lowest BCUT2D eigenvalue weighted by Gasteiger charge is -2.35. The molecule has 0 spiro atoms. The summed E-state index contributed by atoms with van der Waals surface area (Å²) in [5.41, 5.74) is 0.677. The molecule has 0 aliphatic carbocycles. The van der Waals surface area contributed by atoms with Crippen LogP contribution in [-0.2, 0) is 10.0 Å². The molecule has 2 aromatic carbocycles. The summed E-state index contributed by atoms with van der Waals surface area (Å²) in [4.78, 5) is 13.2. The molecule has 1 heterocycles.